The maximum Gasteiger partial charge on any atom is 0.142 e. The van der Waals surface area contributed by atoms with Gasteiger partial charge in [-0.15, -0.1) is 0 Å². The number of aryl methyl sites for hydroxylation is 1. The van der Waals surface area contributed by atoms with Crippen LogP contribution in [0.4, 0.5) is 11.5 Å². The quantitative estimate of drug-likeness (QED) is 0.784. The highest BCUT2D eigenvalue weighted by molar-refractivity contribution is 5.90. The molecule has 0 atom stereocenters. The Morgan fingerprint density at radius 2 is 1.70 bits per heavy atom. The van der Waals surface area contributed by atoms with Gasteiger partial charge in [0.1, 0.15) is 17.4 Å². The normalized spacial score (nSPS) is 10.5. The standard InChI is InChI=1S/C16H15N3O/c1-11-17-15-6-4-3-5-14(15)16(18-11)19-12-7-9-13(20-2)10-8-12/h3-10H,1-2H3,(H,17,18,19). The zero-order valence-electron chi connectivity index (χ0n) is 11.4. The third kappa shape index (κ3) is 2.40. The zero-order chi connectivity index (χ0) is 13.9. The molecule has 1 N–H and O–H groups in total. The molecule has 1 aromatic heterocycles. The van der Waals surface area contributed by atoms with E-state index < -0.39 is 0 Å². The number of anilines is 2. The van der Waals surface area contributed by atoms with Crippen LogP contribution in [-0.2, 0) is 0 Å². The third-order valence-corrected chi connectivity index (χ3v) is 3.07. The SMILES string of the molecule is COc1ccc(Nc2nc(C)nc3ccccc23)cc1. The van der Waals surface area contributed by atoms with Gasteiger partial charge in [0.05, 0.1) is 12.6 Å². The largest absolute Gasteiger partial charge is 0.497 e. The first-order valence-corrected chi connectivity index (χ1v) is 6.41. The summed E-state index contributed by atoms with van der Waals surface area (Å²) in [5.41, 5.74) is 1.91. The van der Waals surface area contributed by atoms with Crippen LogP contribution < -0.4 is 10.1 Å². The molecule has 0 saturated heterocycles. The number of ether oxygens (including phenoxy) is 1. The zero-order valence-corrected chi connectivity index (χ0v) is 11.4. The molecule has 100 valence electrons. The molecule has 0 bridgehead atoms. The third-order valence-electron chi connectivity index (χ3n) is 3.07. The molecule has 0 unspecified atom stereocenters. The highest BCUT2D eigenvalue weighted by Crippen LogP contribution is 2.24. The van der Waals surface area contributed by atoms with Gasteiger partial charge in [-0.05, 0) is 43.3 Å². The Morgan fingerprint density at radius 3 is 2.45 bits per heavy atom. The molecule has 0 aliphatic carbocycles. The van der Waals surface area contributed by atoms with Gasteiger partial charge in [0.15, 0.2) is 0 Å². The monoisotopic (exact) mass is 265 g/mol. The smallest absolute Gasteiger partial charge is 0.142 e. The summed E-state index contributed by atoms with van der Waals surface area (Å²) in [5.74, 6) is 2.40. The predicted molar refractivity (Wildman–Crippen MR) is 80.6 cm³/mol. The summed E-state index contributed by atoms with van der Waals surface area (Å²) in [4.78, 5) is 8.92. The van der Waals surface area contributed by atoms with Crippen molar-refractivity contribution in [2.75, 3.05) is 12.4 Å². The van der Waals surface area contributed by atoms with Crippen LogP contribution in [0.2, 0.25) is 0 Å². The Hall–Kier alpha value is -2.62. The molecule has 3 aromatic rings. The highest BCUT2D eigenvalue weighted by atomic mass is 16.5. The van der Waals surface area contributed by atoms with E-state index in [2.05, 4.69) is 15.3 Å². The number of hydrogen-bond acceptors (Lipinski definition) is 4. The topological polar surface area (TPSA) is 47.0 Å². The van der Waals surface area contributed by atoms with Crippen LogP contribution in [0, 0.1) is 6.92 Å². The summed E-state index contributed by atoms with van der Waals surface area (Å²) in [5, 5.41) is 4.34. The van der Waals surface area contributed by atoms with E-state index in [0.717, 1.165) is 34.0 Å². The minimum Gasteiger partial charge on any atom is -0.497 e. The number of nitrogens with one attached hydrogen (secondary N) is 1. The number of para-hydroxylation sites is 1. The molecule has 0 aliphatic heterocycles. The number of benzene rings is 2. The van der Waals surface area contributed by atoms with E-state index in [4.69, 9.17) is 4.74 Å². The maximum absolute atomic E-state index is 5.16. The number of methoxy groups -OCH3 is 1. The second-order valence-electron chi connectivity index (χ2n) is 4.49. The Balaban J connectivity index is 2.01. The van der Waals surface area contributed by atoms with Gasteiger partial charge in [-0.3, -0.25) is 0 Å². The summed E-state index contributed by atoms with van der Waals surface area (Å²) in [6, 6.07) is 15.7. The predicted octanol–water partition coefficient (Wildman–Crippen LogP) is 3.69. The molecule has 4 nitrogen and oxygen atoms in total. The summed E-state index contributed by atoms with van der Waals surface area (Å²) in [6.45, 7) is 1.89. The van der Waals surface area contributed by atoms with Crippen LogP contribution in [-0.4, -0.2) is 17.1 Å². The number of rotatable bonds is 3. The number of hydrogen-bond donors (Lipinski definition) is 1. The molecule has 3 rings (SSSR count). The fourth-order valence-corrected chi connectivity index (χ4v) is 2.10. The summed E-state index contributed by atoms with van der Waals surface area (Å²) in [6.07, 6.45) is 0. The van der Waals surface area contributed by atoms with Gasteiger partial charge in [-0.2, -0.15) is 0 Å². The van der Waals surface area contributed by atoms with E-state index in [-0.39, 0.29) is 0 Å². The molecule has 0 amide bonds. The van der Waals surface area contributed by atoms with Gasteiger partial charge in [0.2, 0.25) is 0 Å². The lowest BCUT2D eigenvalue weighted by molar-refractivity contribution is 0.415. The minimum absolute atomic E-state index is 0.750. The molecule has 2 aromatic carbocycles. The van der Waals surface area contributed by atoms with E-state index >= 15 is 0 Å². The molecule has 0 aliphatic rings. The first kappa shape index (κ1) is 12.4. The van der Waals surface area contributed by atoms with Crippen molar-refractivity contribution in [3.63, 3.8) is 0 Å². The number of aromatic nitrogens is 2. The fourth-order valence-electron chi connectivity index (χ4n) is 2.10. The molecular weight excluding hydrogens is 250 g/mol. The first-order valence-electron chi connectivity index (χ1n) is 6.41. The Kier molecular flexibility index (Phi) is 3.21. The molecular formula is C16H15N3O. The van der Waals surface area contributed by atoms with Crippen molar-refractivity contribution in [2.45, 2.75) is 6.92 Å². The summed E-state index contributed by atoms with van der Waals surface area (Å²) >= 11 is 0. The van der Waals surface area contributed by atoms with Crippen LogP contribution in [0.25, 0.3) is 10.9 Å². The number of fused-ring (bicyclic) bond motifs is 1. The van der Waals surface area contributed by atoms with Gasteiger partial charge in [0.25, 0.3) is 0 Å². The lowest BCUT2D eigenvalue weighted by Gasteiger charge is -2.10. The fraction of sp³-hybridized carbons (Fsp3) is 0.125. The Bertz CT molecular complexity index is 738. The molecule has 0 fully saturated rings. The van der Waals surface area contributed by atoms with E-state index in [1.54, 1.807) is 7.11 Å². The Labute approximate surface area is 117 Å². The maximum atomic E-state index is 5.16. The van der Waals surface area contributed by atoms with Crippen molar-refractivity contribution in [1.82, 2.24) is 9.97 Å². The second kappa shape index (κ2) is 5.17. The molecule has 0 radical (unpaired) electrons. The van der Waals surface area contributed by atoms with Gasteiger partial charge >= 0.3 is 0 Å². The van der Waals surface area contributed by atoms with Crippen LogP contribution in [0.15, 0.2) is 48.5 Å². The Morgan fingerprint density at radius 1 is 0.950 bits per heavy atom. The van der Waals surface area contributed by atoms with Gasteiger partial charge < -0.3 is 10.1 Å². The van der Waals surface area contributed by atoms with Crippen molar-refractivity contribution in [3.05, 3.63) is 54.4 Å². The van der Waals surface area contributed by atoms with Crippen molar-refractivity contribution < 1.29 is 4.74 Å². The number of nitrogens with zero attached hydrogens (tertiary/aromatic N) is 2. The van der Waals surface area contributed by atoms with Crippen molar-refractivity contribution in [2.24, 2.45) is 0 Å². The molecule has 0 spiro atoms. The minimum atomic E-state index is 0.750. The lowest BCUT2D eigenvalue weighted by atomic mass is 10.2. The van der Waals surface area contributed by atoms with Crippen LogP contribution in [0.3, 0.4) is 0 Å². The second-order valence-corrected chi connectivity index (χ2v) is 4.49. The molecule has 4 heteroatoms. The van der Waals surface area contributed by atoms with Crippen LogP contribution in [0.5, 0.6) is 5.75 Å². The van der Waals surface area contributed by atoms with E-state index in [1.165, 1.54) is 0 Å². The average Bonchev–Trinajstić information content (AvgIpc) is 2.48. The van der Waals surface area contributed by atoms with Gasteiger partial charge in [-0.1, -0.05) is 12.1 Å². The summed E-state index contributed by atoms with van der Waals surface area (Å²) < 4.78 is 5.16. The van der Waals surface area contributed by atoms with Crippen molar-refractivity contribution in [1.29, 1.82) is 0 Å². The van der Waals surface area contributed by atoms with Crippen molar-refractivity contribution in [3.8, 4) is 5.75 Å². The highest BCUT2D eigenvalue weighted by Gasteiger charge is 2.05. The van der Waals surface area contributed by atoms with Gasteiger partial charge in [0, 0.05) is 11.1 Å². The van der Waals surface area contributed by atoms with Gasteiger partial charge in [-0.25, -0.2) is 9.97 Å². The van der Waals surface area contributed by atoms with Crippen molar-refractivity contribution >= 4 is 22.4 Å². The summed E-state index contributed by atoms with van der Waals surface area (Å²) in [7, 11) is 1.66. The van der Waals surface area contributed by atoms with Crippen LogP contribution in [0.1, 0.15) is 5.82 Å². The van der Waals surface area contributed by atoms with E-state index in [0.29, 0.717) is 0 Å². The first-order chi connectivity index (χ1) is 9.76. The average molecular weight is 265 g/mol. The molecule has 1 heterocycles. The molecule has 20 heavy (non-hydrogen) atoms. The lowest BCUT2D eigenvalue weighted by Crippen LogP contribution is -1.98. The van der Waals surface area contributed by atoms with E-state index in [1.807, 2.05) is 55.5 Å². The molecule has 0 saturated carbocycles. The van der Waals surface area contributed by atoms with Crippen LogP contribution >= 0.6 is 0 Å². The van der Waals surface area contributed by atoms with E-state index in [9.17, 15) is 0 Å².